The van der Waals surface area contributed by atoms with Gasteiger partial charge in [-0.3, -0.25) is 4.79 Å². The zero-order valence-corrected chi connectivity index (χ0v) is 13.5. The fraction of sp³-hybridized carbons (Fsp3) is 0.250. The van der Waals surface area contributed by atoms with Gasteiger partial charge in [-0.25, -0.2) is 9.50 Å². The van der Waals surface area contributed by atoms with Crippen LogP contribution in [0.1, 0.15) is 18.9 Å². The summed E-state index contributed by atoms with van der Waals surface area (Å²) in [6.07, 6.45) is 4.16. The molecule has 3 aromatic rings. The number of nitrogens with zero attached hydrogens (tertiary/aromatic N) is 4. The highest BCUT2D eigenvalue weighted by atomic mass is 32.2. The third-order valence-corrected chi connectivity index (χ3v) is 4.53. The Morgan fingerprint density at radius 1 is 1.30 bits per heavy atom. The van der Waals surface area contributed by atoms with E-state index in [4.69, 9.17) is 0 Å². The van der Waals surface area contributed by atoms with Crippen LogP contribution in [0.3, 0.4) is 0 Å². The maximum Gasteiger partial charge on any atom is 0.253 e. The molecule has 0 saturated heterocycles. The fourth-order valence-electron chi connectivity index (χ4n) is 2.11. The predicted molar refractivity (Wildman–Crippen MR) is 89.0 cm³/mol. The highest BCUT2D eigenvalue weighted by Crippen LogP contribution is 2.22. The topological polar surface area (TPSA) is 72.2 Å². The first kappa shape index (κ1) is 15.5. The Bertz CT molecular complexity index is 756. The molecule has 0 radical (unpaired) electrons. The first-order valence-corrected chi connectivity index (χ1v) is 8.30. The summed E-state index contributed by atoms with van der Waals surface area (Å²) in [4.78, 5) is 20.8. The van der Waals surface area contributed by atoms with Gasteiger partial charge in [0.25, 0.3) is 5.78 Å². The number of amides is 1. The SMILES string of the molecule is CCC(Sc1nc2ncccn2n1)C(=O)NCc1ccccc1. The van der Waals surface area contributed by atoms with Crippen LogP contribution in [0.4, 0.5) is 0 Å². The Kier molecular flexibility index (Phi) is 4.87. The minimum Gasteiger partial charge on any atom is -0.351 e. The number of fused-ring (bicyclic) bond motifs is 1. The van der Waals surface area contributed by atoms with Crippen molar-refractivity contribution in [3.05, 3.63) is 54.4 Å². The standard InChI is InChI=1S/C16H17N5OS/c1-2-13(14(22)18-11-12-7-4-3-5-8-12)23-16-19-15-17-9-6-10-21(15)20-16/h3-10,13H,2,11H2,1H3,(H,18,22). The van der Waals surface area contributed by atoms with Gasteiger partial charge in [0.05, 0.1) is 5.25 Å². The van der Waals surface area contributed by atoms with Crippen LogP contribution in [-0.2, 0) is 11.3 Å². The van der Waals surface area contributed by atoms with Crippen LogP contribution in [-0.4, -0.2) is 30.7 Å². The summed E-state index contributed by atoms with van der Waals surface area (Å²) < 4.78 is 1.61. The van der Waals surface area contributed by atoms with Gasteiger partial charge in [-0.2, -0.15) is 4.98 Å². The molecular weight excluding hydrogens is 310 g/mol. The number of benzene rings is 1. The van der Waals surface area contributed by atoms with Gasteiger partial charge >= 0.3 is 0 Å². The molecule has 6 nitrogen and oxygen atoms in total. The molecule has 2 heterocycles. The van der Waals surface area contributed by atoms with Crippen LogP contribution >= 0.6 is 11.8 Å². The van der Waals surface area contributed by atoms with Crippen LogP contribution in [0.15, 0.2) is 53.9 Å². The van der Waals surface area contributed by atoms with Crippen LogP contribution < -0.4 is 5.32 Å². The van der Waals surface area contributed by atoms with Crippen molar-refractivity contribution in [1.82, 2.24) is 24.9 Å². The highest BCUT2D eigenvalue weighted by Gasteiger charge is 2.20. The lowest BCUT2D eigenvalue weighted by Crippen LogP contribution is -2.31. The Balaban J connectivity index is 1.63. The van der Waals surface area contributed by atoms with E-state index in [2.05, 4.69) is 20.4 Å². The zero-order chi connectivity index (χ0) is 16.1. The van der Waals surface area contributed by atoms with Crippen LogP contribution in [0.2, 0.25) is 0 Å². The molecule has 1 aromatic carbocycles. The van der Waals surface area contributed by atoms with Gasteiger partial charge in [0.1, 0.15) is 0 Å². The third-order valence-electron chi connectivity index (χ3n) is 3.32. The molecule has 7 heteroatoms. The average molecular weight is 327 g/mol. The van der Waals surface area contributed by atoms with Crippen molar-refractivity contribution in [2.24, 2.45) is 0 Å². The van der Waals surface area contributed by atoms with Gasteiger partial charge in [-0.1, -0.05) is 49.0 Å². The van der Waals surface area contributed by atoms with Gasteiger partial charge in [0.2, 0.25) is 11.1 Å². The van der Waals surface area contributed by atoms with Gasteiger partial charge < -0.3 is 5.32 Å². The molecule has 23 heavy (non-hydrogen) atoms. The fourth-order valence-corrected chi connectivity index (χ4v) is 2.99. The van der Waals surface area contributed by atoms with Gasteiger partial charge in [-0.05, 0) is 18.1 Å². The van der Waals surface area contributed by atoms with Crippen molar-refractivity contribution in [2.45, 2.75) is 30.3 Å². The number of aromatic nitrogens is 4. The lowest BCUT2D eigenvalue weighted by Gasteiger charge is -2.12. The Hall–Kier alpha value is -2.41. The van der Waals surface area contributed by atoms with E-state index in [0.717, 1.165) is 5.56 Å². The van der Waals surface area contributed by atoms with Gasteiger partial charge in [0.15, 0.2) is 0 Å². The first-order chi connectivity index (χ1) is 11.3. The van der Waals surface area contributed by atoms with Crippen molar-refractivity contribution in [2.75, 3.05) is 0 Å². The van der Waals surface area contributed by atoms with E-state index in [0.29, 0.717) is 23.9 Å². The summed E-state index contributed by atoms with van der Waals surface area (Å²) in [5.74, 6) is 0.530. The van der Waals surface area contributed by atoms with E-state index in [1.807, 2.05) is 37.3 Å². The minimum absolute atomic E-state index is 0.00633. The summed E-state index contributed by atoms with van der Waals surface area (Å²) >= 11 is 1.36. The second kappa shape index (κ2) is 7.23. The lowest BCUT2D eigenvalue weighted by atomic mass is 10.2. The maximum atomic E-state index is 12.4. The summed E-state index contributed by atoms with van der Waals surface area (Å²) in [5.41, 5.74) is 1.08. The number of rotatable bonds is 6. The zero-order valence-electron chi connectivity index (χ0n) is 12.7. The van der Waals surface area contributed by atoms with E-state index < -0.39 is 0 Å². The summed E-state index contributed by atoms with van der Waals surface area (Å²) in [5, 5.41) is 7.63. The molecule has 0 aliphatic rings. The Labute approximate surface area is 138 Å². The number of hydrogen-bond donors (Lipinski definition) is 1. The Morgan fingerprint density at radius 2 is 2.13 bits per heavy atom. The van der Waals surface area contributed by atoms with Crippen molar-refractivity contribution >= 4 is 23.4 Å². The number of nitrogens with one attached hydrogen (secondary N) is 1. The number of hydrogen-bond acceptors (Lipinski definition) is 5. The van der Waals surface area contributed by atoms with Crippen molar-refractivity contribution in [3.63, 3.8) is 0 Å². The van der Waals surface area contributed by atoms with Gasteiger partial charge in [0, 0.05) is 18.9 Å². The molecule has 118 valence electrons. The lowest BCUT2D eigenvalue weighted by molar-refractivity contribution is -0.120. The predicted octanol–water partition coefficient (Wildman–Crippen LogP) is 2.31. The molecule has 1 N–H and O–H groups in total. The molecule has 0 aliphatic carbocycles. The van der Waals surface area contributed by atoms with E-state index in [1.165, 1.54) is 11.8 Å². The van der Waals surface area contributed by atoms with Crippen LogP contribution in [0.5, 0.6) is 0 Å². The molecule has 0 saturated carbocycles. The number of thioether (sulfide) groups is 1. The second-order valence-electron chi connectivity index (χ2n) is 4.98. The smallest absolute Gasteiger partial charge is 0.253 e. The molecule has 0 spiro atoms. The molecule has 2 aromatic heterocycles. The highest BCUT2D eigenvalue weighted by molar-refractivity contribution is 8.00. The first-order valence-electron chi connectivity index (χ1n) is 7.42. The Morgan fingerprint density at radius 3 is 2.87 bits per heavy atom. The third kappa shape index (κ3) is 3.87. The maximum absolute atomic E-state index is 12.4. The summed E-state index contributed by atoms with van der Waals surface area (Å²) in [7, 11) is 0. The van der Waals surface area contributed by atoms with Crippen LogP contribution in [0.25, 0.3) is 5.78 Å². The van der Waals surface area contributed by atoms with E-state index >= 15 is 0 Å². The van der Waals surface area contributed by atoms with Crippen molar-refractivity contribution in [3.8, 4) is 0 Å². The number of carbonyl (C=O) groups excluding carboxylic acids is 1. The molecule has 0 bridgehead atoms. The average Bonchev–Trinajstić information content (AvgIpc) is 3.01. The molecule has 1 unspecified atom stereocenters. The summed E-state index contributed by atoms with van der Waals surface area (Å²) in [6.45, 7) is 2.50. The van der Waals surface area contributed by atoms with Crippen LogP contribution in [0, 0.1) is 0 Å². The van der Waals surface area contributed by atoms with Crippen molar-refractivity contribution < 1.29 is 4.79 Å². The van der Waals surface area contributed by atoms with Crippen molar-refractivity contribution in [1.29, 1.82) is 0 Å². The van der Waals surface area contributed by atoms with E-state index in [1.54, 1.807) is 23.0 Å². The monoisotopic (exact) mass is 327 g/mol. The molecule has 3 rings (SSSR count). The minimum atomic E-state index is -0.226. The second-order valence-corrected chi connectivity index (χ2v) is 6.15. The molecule has 0 aliphatic heterocycles. The van der Waals surface area contributed by atoms with E-state index in [9.17, 15) is 4.79 Å². The normalized spacial score (nSPS) is 12.2. The summed E-state index contributed by atoms with van der Waals surface area (Å²) in [6, 6.07) is 11.6. The molecule has 0 fully saturated rings. The molecule has 1 atom stereocenters. The molecular formula is C16H17N5OS. The quantitative estimate of drug-likeness (QED) is 0.703. The molecule has 1 amide bonds. The van der Waals surface area contributed by atoms with Gasteiger partial charge in [-0.15, -0.1) is 5.10 Å². The largest absolute Gasteiger partial charge is 0.351 e. The van der Waals surface area contributed by atoms with E-state index in [-0.39, 0.29) is 11.2 Å². The number of carbonyl (C=O) groups is 1.